The second kappa shape index (κ2) is 14.6. The second-order valence-corrected chi connectivity index (χ2v) is 6.27. The Labute approximate surface area is 181 Å². The summed E-state index contributed by atoms with van der Waals surface area (Å²) in [5.74, 6) is -0.679. The summed E-state index contributed by atoms with van der Waals surface area (Å²) in [6.07, 6.45) is -0.0160. The molecule has 1 aromatic rings. The number of carbonyl (C=O) groups excluding carboxylic acids is 1. The molecule has 0 spiro atoms. The number of aliphatic hydroxyl groups excluding tert-OH is 1. The summed E-state index contributed by atoms with van der Waals surface area (Å²) in [5, 5.41) is 12.5. The highest BCUT2D eigenvalue weighted by Crippen LogP contribution is 2.31. The van der Waals surface area contributed by atoms with E-state index in [1.807, 2.05) is 52.8 Å². The van der Waals surface area contributed by atoms with Gasteiger partial charge in [-0.2, -0.15) is 8.78 Å². The molecule has 9 heteroatoms. The Balaban J connectivity index is 0.00000198. The minimum atomic E-state index is -3.03. The van der Waals surface area contributed by atoms with E-state index in [-0.39, 0.29) is 23.7 Å². The van der Waals surface area contributed by atoms with Crippen LogP contribution in [-0.4, -0.2) is 36.1 Å². The summed E-state index contributed by atoms with van der Waals surface area (Å²) in [5.41, 5.74) is 1.69. The average Bonchev–Trinajstić information content (AvgIpc) is 2.77. The molecule has 30 heavy (non-hydrogen) atoms. The van der Waals surface area contributed by atoms with E-state index in [9.17, 15) is 18.7 Å². The lowest BCUT2D eigenvalue weighted by atomic mass is 10.1. The zero-order valence-corrected chi connectivity index (χ0v) is 19.1. The summed E-state index contributed by atoms with van der Waals surface area (Å²) in [6, 6.07) is 5.64. The number of amidine groups is 1. The van der Waals surface area contributed by atoms with Gasteiger partial charge >= 0.3 is 6.61 Å². The van der Waals surface area contributed by atoms with Crippen molar-refractivity contribution >= 4 is 29.4 Å². The molecule has 0 saturated carbocycles. The van der Waals surface area contributed by atoms with E-state index in [0.717, 1.165) is 10.5 Å². The maximum Gasteiger partial charge on any atom is 0.387 e. The van der Waals surface area contributed by atoms with Gasteiger partial charge in [-0.05, 0) is 49.6 Å². The topological polar surface area (TPSA) is 83.0 Å². The number of ether oxygens (including phenoxy) is 1. The van der Waals surface area contributed by atoms with Gasteiger partial charge in [-0.25, -0.2) is 4.99 Å². The van der Waals surface area contributed by atoms with Crippen molar-refractivity contribution in [2.45, 2.75) is 59.2 Å². The molecule has 1 amide bonds. The number of aliphatic imine (C=N–C) groups is 1. The zero-order valence-electron chi connectivity index (χ0n) is 18.3. The second-order valence-electron chi connectivity index (χ2n) is 5.42. The molecule has 168 valence electrons. The van der Waals surface area contributed by atoms with Crippen LogP contribution in [-0.2, 0) is 9.53 Å². The molecule has 2 rings (SSSR count). The predicted octanol–water partition coefficient (Wildman–Crippen LogP) is 4.86. The van der Waals surface area contributed by atoms with Gasteiger partial charge in [-0.3, -0.25) is 4.79 Å². The Kier molecular flexibility index (Phi) is 13.4. The van der Waals surface area contributed by atoms with E-state index in [0.29, 0.717) is 5.69 Å². The van der Waals surface area contributed by atoms with Crippen molar-refractivity contribution in [1.29, 1.82) is 0 Å². The van der Waals surface area contributed by atoms with Gasteiger partial charge in [0.15, 0.2) is 0 Å². The molecule has 6 nitrogen and oxygen atoms in total. The number of allylic oxidation sites excluding steroid dienone is 1. The molecule has 1 atom stereocenters. The first-order chi connectivity index (χ1) is 14.3. The largest absolute Gasteiger partial charge is 0.435 e. The minimum absolute atomic E-state index is 0.0539. The van der Waals surface area contributed by atoms with Gasteiger partial charge in [0.05, 0.1) is 16.7 Å². The molecule has 0 fully saturated rings. The Hall–Kier alpha value is -2.39. The Bertz CT molecular complexity index is 768. The first kappa shape index (κ1) is 27.6. The van der Waals surface area contributed by atoms with Crippen molar-refractivity contribution < 1.29 is 23.4 Å². The van der Waals surface area contributed by atoms with Gasteiger partial charge < -0.3 is 19.9 Å². The lowest BCUT2D eigenvalue weighted by Gasteiger charge is -2.19. The van der Waals surface area contributed by atoms with Crippen molar-refractivity contribution in [1.82, 2.24) is 10.0 Å². The number of hydrogen-bond acceptors (Lipinski definition) is 6. The molecule has 1 aliphatic heterocycles. The van der Waals surface area contributed by atoms with Gasteiger partial charge in [0, 0.05) is 12.1 Å². The van der Waals surface area contributed by atoms with Crippen molar-refractivity contribution in [2.75, 3.05) is 6.54 Å². The zero-order chi connectivity index (χ0) is 23.3. The summed E-state index contributed by atoms with van der Waals surface area (Å²) in [7, 11) is 0. The van der Waals surface area contributed by atoms with E-state index >= 15 is 0 Å². The van der Waals surface area contributed by atoms with Crippen LogP contribution in [0.2, 0.25) is 0 Å². The van der Waals surface area contributed by atoms with Gasteiger partial charge in [0.1, 0.15) is 5.76 Å². The highest BCUT2D eigenvalue weighted by molar-refractivity contribution is 7.98. The van der Waals surface area contributed by atoms with Gasteiger partial charge in [-0.1, -0.05) is 40.3 Å². The third-order valence-corrected chi connectivity index (χ3v) is 4.32. The van der Waals surface area contributed by atoms with Crippen LogP contribution in [0.15, 0.2) is 52.1 Å². The number of nitrogens with one attached hydrogen (secondary N) is 2. The van der Waals surface area contributed by atoms with Crippen molar-refractivity contribution in [3.8, 4) is 0 Å². The monoisotopic (exact) mass is 443 g/mol. The van der Waals surface area contributed by atoms with Crippen molar-refractivity contribution in [2.24, 2.45) is 4.99 Å². The molecular formula is C21H31F2N3O3S. The minimum Gasteiger partial charge on any atom is -0.435 e. The summed E-state index contributed by atoms with van der Waals surface area (Å²) < 4.78 is 31.7. The Morgan fingerprint density at radius 3 is 2.57 bits per heavy atom. The Morgan fingerprint density at radius 2 is 2.00 bits per heavy atom. The number of rotatable bonds is 7. The van der Waals surface area contributed by atoms with Crippen LogP contribution in [0.1, 0.15) is 40.2 Å². The number of fused-ring (bicyclic) bond motifs is 1. The van der Waals surface area contributed by atoms with Crippen LogP contribution >= 0.6 is 11.9 Å². The normalized spacial score (nSPS) is 13.3. The van der Waals surface area contributed by atoms with E-state index in [1.165, 1.54) is 24.9 Å². The SMILES string of the molecule is C=C(/C(=C\C)OC(F)F)C(O)CNC(=O)C1=Nc2ccc(C)cc2SN1.CC.CC. The molecule has 0 aliphatic carbocycles. The van der Waals surface area contributed by atoms with Crippen LogP contribution < -0.4 is 10.0 Å². The maximum atomic E-state index is 12.3. The standard InChI is InChI=1S/C17H19F2N3O3S.2C2H6/c1-4-13(25-17(18)19)10(3)12(23)8-20-16(24)15-21-11-6-5-9(2)7-14(11)26-22-15;2*1-2/h4-7,12,17,23H,3,8H2,1-2H3,(H,20,24)(H,21,22);2*1-2H3/b13-4+;;. The highest BCUT2D eigenvalue weighted by atomic mass is 32.2. The third-order valence-electron chi connectivity index (χ3n) is 3.47. The number of aryl methyl sites for hydroxylation is 1. The Morgan fingerprint density at radius 1 is 1.37 bits per heavy atom. The number of aliphatic hydroxyl groups is 1. The quantitative estimate of drug-likeness (QED) is 0.318. The predicted molar refractivity (Wildman–Crippen MR) is 119 cm³/mol. The number of halogens is 2. The number of amides is 1. The van der Waals surface area contributed by atoms with Crippen molar-refractivity contribution in [3.05, 3.63) is 47.7 Å². The van der Waals surface area contributed by atoms with Crippen LogP contribution in [0.5, 0.6) is 0 Å². The molecule has 0 radical (unpaired) electrons. The third kappa shape index (κ3) is 8.54. The average molecular weight is 444 g/mol. The van der Waals surface area contributed by atoms with Crippen LogP contribution in [0.4, 0.5) is 14.5 Å². The summed E-state index contributed by atoms with van der Waals surface area (Å²) >= 11 is 1.26. The fourth-order valence-corrected chi connectivity index (χ4v) is 2.93. The van der Waals surface area contributed by atoms with E-state index in [4.69, 9.17) is 0 Å². The van der Waals surface area contributed by atoms with Crippen LogP contribution in [0.25, 0.3) is 0 Å². The van der Waals surface area contributed by atoms with Crippen LogP contribution in [0.3, 0.4) is 0 Å². The smallest absolute Gasteiger partial charge is 0.387 e. The number of hydrogen-bond donors (Lipinski definition) is 3. The lowest BCUT2D eigenvalue weighted by Crippen LogP contribution is -2.42. The molecule has 0 aromatic heterocycles. The first-order valence-corrected chi connectivity index (χ1v) is 10.5. The fraction of sp³-hybridized carbons (Fsp3) is 0.429. The molecule has 1 aromatic carbocycles. The van der Waals surface area contributed by atoms with Crippen molar-refractivity contribution in [3.63, 3.8) is 0 Å². The first-order valence-electron chi connectivity index (χ1n) is 9.70. The molecule has 3 N–H and O–H groups in total. The highest BCUT2D eigenvalue weighted by Gasteiger charge is 2.21. The lowest BCUT2D eigenvalue weighted by molar-refractivity contribution is -0.115. The number of alkyl halides is 2. The van der Waals surface area contributed by atoms with E-state index < -0.39 is 18.6 Å². The molecule has 1 unspecified atom stereocenters. The number of benzene rings is 1. The number of carbonyl (C=O) groups is 1. The molecular weight excluding hydrogens is 412 g/mol. The number of nitrogens with zero attached hydrogens (tertiary/aromatic N) is 1. The summed E-state index contributed by atoms with van der Waals surface area (Å²) in [6.45, 7) is 11.7. The van der Waals surface area contributed by atoms with E-state index in [2.05, 4.69) is 26.3 Å². The fourth-order valence-electron chi connectivity index (χ4n) is 2.12. The van der Waals surface area contributed by atoms with Gasteiger partial charge in [0.2, 0.25) is 5.84 Å². The molecule has 0 bridgehead atoms. The van der Waals surface area contributed by atoms with Crippen LogP contribution in [0, 0.1) is 6.92 Å². The molecule has 1 heterocycles. The van der Waals surface area contributed by atoms with E-state index in [1.54, 1.807) is 0 Å². The maximum absolute atomic E-state index is 12.3. The van der Waals surface area contributed by atoms with Gasteiger partial charge in [-0.15, -0.1) is 0 Å². The summed E-state index contributed by atoms with van der Waals surface area (Å²) in [4.78, 5) is 17.3. The van der Waals surface area contributed by atoms with Gasteiger partial charge in [0.25, 0.3) is 5.91 Å². The molecule has 0 saturated heterocycles. The molecule has 1 aliphatic rings.